The van der Waals surface area contributed by atoms with Crippen molar-refractivity contribution in [3.63, 3.8) is 0 Å². The summed E-state index contributed by atoms with van der Waals surface area (Å²) in [5.74, 6) is -1.84. The van der Waals surface area contributed by atoms with Crippen molar-refractivity contribution in [3.05, 3.63) is 35.9 Å². The summed E-state index contributed by atoms with van der Waals surface area (Å²) >= 11 is 0.871. The van der Waals surface area contributed by atoms with E-state index < -0.39 is 34.6 Å². The van der Waals surface area contributed by atoms with Crippen LogP contribution in [0.1, 0.15) is 40.2 Å². The third kappa shape index (κ3) is 10.2. The molecule has 0 saturated heterocycles. The van der Waals surface area contributed by atoms with Crippen molar-refractivity contribution >= 4 is 34.7 Å². The Hall–Kier alpha value is -2.43. The number of benzene rings is 1. The van der Waals surface area contributed by atoms with Gasteiger partial charge in [0.1, 0.15) is 12.1 Å². The van der Waals surface area contributed by atoms with E-state index in [-0.39, 0.29) is 37.5 Å². The second kappa shape index (κ2) is 14.7. The third-order valence-electron chi connectivity index (χ3n) is 4.66. The highest BCUT2D eigenvalue weighted by molar-refractivity contribution is 8.14. The second-order valence-electron chi connectivity index (χ2n) is 8.48. The largest absolute Gasteiger partial charge is 0.464 e. The molecule has 0 bridgehead atoms. The lowest BCUT2D eigenvalue weighted by Crippen LogP contribution is -2.60. The minimum absolute atomic E-state index is 0.0977. The zero-order valence-corrected chi connectivity index (χ0v) is 21.5. The molecule has 0 saturated carbocycles. The van der Waals surface area contributed by atoms with Crippen LogP contribution in [0.4, 0.5) is 0 Å². The summed E-state index contributed by atoms with van der Waals surface area (Å²) < 4.78 is 15.5. The molecule has 1 rings (SSSR count). The van der Waals surface area contributed by atoms with Crippen molar-refractivity contribution in [3.8, 4) is 0 Å². The minimum atomic E-state index is -1.36. The van der Waals surface area contributed by atoms with E-state index in [4.69, 9.17) is 14.2 Å². The molecule has 2 atom stereocenters. The number of nitrogens with one attached hydrogen (secondary N) is 2. The highest BCUT2D eigenvalue weighted by Crippen LogP contribution is 2.22. The Bertz CT molecular complexity index is 815. The SMILES string of the molecule is CCOC(=O)C(COCc1ccccc1)NC(=O)C(C)(C)NC(=O)C(SC(=O)COC)C(C)C. The van der Waals surface area contributed by atoms with Crippen molar-refractivity contribution in [1.29, 1.82) is 0 Å². The Kier molecular flexibility index (Phi) is 12.8. The first-order chi connectivity index (χ1) is 16.0. The van der Waals surface area contributed by atoms with Crippen molar-refractivity contribution in [2.24, 2.45) is 5.92 Å². The lowest BCUT2D eigenvalue weighted by Gasteiger charge is -2.30. The molecule has 34 heavy (non-hydrogen) atoms. The Labute approximate surface area is 205 Å². The molecule has 10 heteroatoms. The number of ether oxygens (including phenoxy) is 3. The summed E-state index contributed by atoms with van der Waals surface area (Å²) in [6.45, 7) is 8.52. The van der Waals surface area contributed by atoms with Crippen LogP contribution in [0.2, 0.25) is 0 Å². The first-order valence-electron chi connectivity index (χ1n) is 11.1. The minimum Gasteiger partial charge on any atom is -0.464 e. The van der Waals surface area contributed by atoms with E-state index in [0.29, 0.717) is 0 Å². The van der Waals surface area contributed by atoms with Crippen molar-refractivity contribution in [2.45, 2.75) is 58.1 Å². The van der Waals surface area contributed by atoms with Crippen LogP contribution in [0.3, 0.4) is 0 Å². The summed E-state index contributed by atoms with van der Waals surface area (Å²) in [7, 11) is 1.40. The Balaban J connectivity index is 2.81. The van der Waals surface area contributed by atoms with E-state index in [1.165, 1.54) is 21.0 Å². The molecular weight excluding hydrogens is 460 g/mol. The molecule has 1 aromatic rings. The molecule has 190 valence electrons. The maximum absolute atomic E-state index is 13.0. The lowest BCUT2D eigenvalue weighted by molar-refractivity contribution is -0.150. The van der Waals surface area contributed by atoms with Crippen LogP contribution >= 0.6 is 11.8 Å². The number of rotatable bonds is 14. The number of hydrogen-bond donors (Lipinski definition) is 2. The fourth-order valence-electron chi connectivity index (χ4n) is 2.84. The number of carbonyl (C=O) groups is 4. The van der Waals surface area contributed by atoms with Gasteiger partial charge in [0.25, 0.3) is 0 Å². The van der Waals surface area contributed by atoms with Gasteiger partial charge in [-0.05, 0) is 32.3 Å². The number of methoxy groups -OCH3 is 1. The van der Waals surface area contributed by atoms with E-state index in [1.54, 1.807) is 6.92 Å². The van der Waals surface area contributed by atoms with Gasteiger partial charge in [-0.15, -0.1) is 0 Å². The van der Waals surface area contributed by atoms with Crippen molar-refractivity contribution in [1.82, 2.24) is 10.6 Å². The normalized spacial score (nSPS) is 13.1. The fourth-order valence-corrected chi connectivity index (χ4v) is 3.75. The number of esters is 1. The van der Waals surface area contributed by atoms with Crippen LogP contribution in [0.5, 0.6) is 0 Å². The molecule has 1 aromatic carbocycles. The fraction of sp³-hybridized carbons (Fsp3) is 0.583. The average Bonchev–Trinajstić information content (AvgIpc) is 2.77. The smallest absolute Gasteiger partial charge is 0.331 e. The van der Waals surface area contributed by atoms with Crippen molar-refractivity contribution in [2.75, 3.05) is 26.9 Å². The predicted molar refractivity (Wildman–Crippen MR) is 130 cm³/mol. The Morgan fingerprint density at radius 2 is 1.74 bits per heavy atom. The number of amides is 2. The van der Waals surface area contributed by atoms with Gasteiger partial charge in [-0.2, -0.15) is 0 Å². The van der Waals surface area contributed by atoms with Crippen LogP contribution in [0, 0.1) is 5.92 Å². The van der Waals surface area contributed by atoms with E-state index >= 15 is 0 Å². The Morgan fingerprint density at radius 3 is 2.29 bits per heavy atom. The van der Waals surface area contributed by atoms with Gasteiger partial charge < -0.3 is 24.8 Å². The standard InChI is InChI=1S/C24H36N2O7S/c1-7-33-22(29)18(14-32-13-17-11-9-8-10-12-17)25-23(30)24(4,5)26-21(28)20(16(2)3)34-19(27)15-31-6/h8-12,16,18,20H,7,13-15H2,1-6H3,(H,25,30)(H,26,28). The number of hydrogen-bond acceptors (Lipinski definition) is 8. The highest BCUT2D eigenvalue weighted by atomic mass is 32.2. The molecule has 0 aliphatic rings. The summed E-state index contributed by atoms with van der Waals surface area (Å²) in [6, 6.07) is 8.36. The first-order valence-corrected chi connectivity index (χ1v) is 12.0. The lowest BCUT2D eigenvalue weighted by atomic mass is 10.0. The molecule has 2 N–H and O–H groups in total. The molecule has 9 nitrogen and oxygen atoms in total. The topological polar surface area (TPSA) is 120 Å². The van der Waals surface area contributed by atoms with E-state index in [2.05, 4.69) is 10.6 Å². The van der Waals surface area contributed by atoms with Crippen molar-refractivity contribution < 1.29 is 33.4 Å². The molecule has 2 amide bonds. The zero-order chi connectivity index (χ0) is 25.7. The molecule has 0 aromatic heterocycles. The molecule has 2 unspecified atom stereocenters. The summed E-state index contributed by atoms with van der Waals surface area (Å²) in [5.41, 5.74) is -0.441. The highest BCUT2D eigenvalue weighted by Gasteiger charge is 2.36. The first kappa shape index (κ1) is 29.6. The van der Waals surface area contributed by atoms with E-state index in [0.717, 1.165) is 17.3 Å². The summed E-state index contributed by atoms with van der Waals surface area (Å²) in [4.78, 5) is 50.2. The Morgan fingerprint density at radius 1 is 1.09 bits per heavy atom. The van der Waals surface area contributed by atoms with E-state index in [1.807, 2.05) is 44.2 Å². The monoisotopic (exact) mass is 496 g/mol. The summed E-state index contributed by atoms with van der Waals surface area (Å²) in [5, 5.41) is 4.32. The quantitative estimate of drug-likeness (QED) is 0.376. The molecule has 0 radical (unpaired) electrons. The maximum Gasteiger partial charge on any atom is 0.331 e. The average molecular weight is 497 g/mol. The molecular formula is C24H36N2O7S. The van der Waals surface area contributed by atoms with Gasteiger partial charge in [0, 0.05) is 7.11 Å². The van der Waals surface area contributed by atoms with Gasteiger partial charge in [0.15, 0.2) is 6.04 Å². The predicted octanol–water partition coefficient (Wildman–Crippen LogP) is 2.08. The van der Waals surface area contributed by atoms with Gasteiger partial charge in [-0.25, -0.2) is 4.79 Å². The van der Waals surface area contributed by atoms with Gasteiger partial charge in [-0.3, -0.25) is 14.4 Å². The van der Waals surface area contributed by atoms with Crippen LogP contribution in [0.15, 0.2) is 30.3 Å². The third-order valence-corrected chi connectivity index (χ3v) is 6.05. The second-order valence-corrected chi connectivity index (χ2v) is 9.68. The molecule has 0 aliphatic heterocycles. The molecule has 0 heterocycles. The van der Waals surface area contributed by atoms with Crippen LogP contribution in [0.25, 0.3) is 0 Å². The number of thioether (sulfide) groups is 1. The molecule has 0 fully saturated rings. The van der Waals surface area contributed by atoms with Gasteiger partial charge in [0.05, 0.1) is 25.1 Å². The van der Waals surface area contributed by atoms with E-state index in [9.17, 15) is 19.2 Å². The molecule has 0 aliphatic carbocycles. The van der Waals surface area contributed by atoms with Crippen LogP contribution in [-0.4, -0.2) is 66.7 Å². The van der Waals surface area contributed by atoms with Gasteiger partial charge in [0.2, 0.25) is 16.9 Å². The summed E-state index contributed by atoms with van der Waals surface area (Å²) in [6.07, 6.45) is 0. The molecule has 0 spiro atoms. The van der Waals surface area contributed by atoms with Crippen LogP contribution in [-0.2, 0) is 40.0 Å². The van der Waals surface area contributed by atoms with Gasteiger partial charge in [-0.1, -0.05) is 55.9 Å². The van der Waals surface area contributed by atoms with Gasteiger partial charge >= 0.3 is 5.97 Å². The zero-order valence-electron chi connectivity index (χ0n) is 20.7. The number of carbonyl (C=O) groups excluding carboxylic acids is 4. The maximum atomic E-state index is 13.0. The van der Waals surface area contributed by atoms with Crippen LogP contribution < -0.4 is 10.6 Å².